The zero-order valence-electron chi connectivity index (χ0n) is 22.8. The van der Waals surface area contributed by atoms with E-state index in [2.05, 4.69) is 11.4 Å². The fourth-order valence-electron chi connectivity index (χ4n) is 5.87. The molecule has 3 fully saturated rings. The highest BCUT2D eigenvalue weighted by atomic mass is 32.2. The Morgan fingerprint density at radius 3 is 2.65 bits per heavy atom. The van der Waals surface area contributed by atoms with Crippen molar-refractivity contribution >= 4 is 17.6 Å². The van der Waals surface area contributed by atoms with Gasteiger partial charge in [0.2, 0.25) is 0 Å². The highest BCUT2D eigenvalue weighted by Gasteiger charge is 2.47. The standard InChI is InChI=1S/C31H35F5N2OS/c1-30(39)9-11-38(40-12-10-30)22-7-8-23(29(33)16-22)25-14-20(28(32)17-27(25)31(34,35)36)6-4-3-5-19-13-21-15-24(21)26(19)18-37-2/h5,7-8,14,16-18,21,24,37,39H,3-4,6,9-13,15H2,1-2H3/b19-5-,26-18+/t21-,24+,30?/m0/s1. The summed E-state index contributed by atoms with van der Waals surface area (Å²) >= 11 is 1.45. The number of unbranched alkanes of at least 4 members (excludes halogenated alkanes) is 1. The first kappa shape index (κ1) is 29.0. The minimum absolute atomic E-state index is 0.149. The van der Waals surface area contributed by atoms with E-state index in [1.807, 2.05) is 17.6 Å². The molecule has 1 heterocycles. The number of hydrogen-bond donors (Lipinski definition) is 2. The van der Waals surface area contributed by atoms with E-state index in [1.165, 1.54) is 47.7 Å². The van der Waals surface area contributed by atoms with Crippen LogP contribution in [0.25, 0.3) is 11.1 Å². The fourth-order valence-corrected chi connectivity index (χ4v) is 7.11. The van der Waals surface area contributed by atoms with Crippen molar-refractivity contribution in [1.29, 1.82) is 0 Å². The molecule has 0 radical (unpaired) electrons. The van der Waals surface area contributed by atoms with E-state index >= 15 is 4.39 Å². The third-order valence-corrected chi connectivity index (χ3v) is 9.37. The molecule has 216 valence electrons. The summed E-state index contributed by atoms with van der Waals surface area (Å²) in [5.74, 6) is 0.260. The van der Waals surface area contributed by atoms with Gasteiger partial charge in [0.1, 0.15) is 11.6 Å². The second-order valence-corrected chi connectivity index (χ2v) is 12.5. The lowest BCUT2D eigenvalue weighted by Crippen LogP contribution is -2.26. The molecule has 1 saturated heterocycles. The van der Waals surface area contributed by atoms with Crippen LogP contribution in [0.4, 0.5) is 27.6 Å². The number of rotatable bonds is 7. The molecule has 0 aromatic heterocycles. The minimum Gasteiger partial charge on any atom is -0.394 e. The Labute approximate surface area is 236 Å². The Hall–Kier alpha value is -2.52. The van der Waals surface area contributed by atoms with Gasteiger partial charge in [-0.15, -0.1) is 0 Å². The largest absolute Gasteiger partial charge is 0.417 e. The van der Waals surface area contributed by atoms with Crippen molar-refractivity contribution in [3.8, 4) is 11.1 Å². The van der Waals surface area contributed by atoms with Crippen molar-refractivity contribution in [1.82, 2.24) is 5.32 Å². The number of benzene rings is 2. The normalized spacial score (nSPS) is 26.8. The summed E-state index contributed by atoms with van der Waals surface area (Å²) in [6.07, 6.45) is 4.24. The minimum atomic E-state index is -4.84. The van der Waals surface area contributed by atoms with Gasteiger partial charge in [-0.1, -0.05) is 6.08 Å². The van der Waals surface area contributed by atoms with Crippen LogP contribution in [0, 0.1) is 23.5 Å². The Morgan fingerprint density at radius 1 is 1.12 bits per heavy atom. The van der Waals surface area contributed by atoms with E-state index in [0.29, 0.717) is 55.7 Å². The summed E-state index contributed by atoms with van der Waals surface area (Å²) in [4.78, 5) is 0. The van der Waals surface area contributed by atoms with Crippen LogP contribution in [0.15, 0.2) is 53.8 Å². The number of fused-ring (bicyclic) bond motifs is 1. The van der Waals surface area contributed by atoms with Crippen LogP contribution in [0.5, 0.6) is 0 Å². The van der Waals surface area contributed by atoms with Crippen molar-refractivity contribution in [2.45, 2.75) is 63.6 Å². The van der Waals surface area contributed by atoms with Crippen LogP contribution >= 0.6 is 11.9 Å². The van der Waals surface area contributed by atoms with Crippen molar-refractivity contribution in [2.24, 2.45) is 11.8 Å². The first-order valence-corrected chi connectivity index (χ1v) is 14.8. The lowest BCUT2D eigenvalue weighted by molar-refractivity contribution is -0.137. The van der Waals surface area contributed by atoms with Gasteiger partial charge in [0.05, 0.1) is 11.2 Å². The van der Waals surface area contributed by atoms with E-state index in [4.69, 9.17) is 0 Å². The lowest BCUT2D eigenvalue weighted by atomic mass is 9.93. The predicted octanol–water partition coefficient (Wildman–Crippen LogP) is 8.04. The van der Waals surface area contributed by atoms with Gasteiger partial charge >= 0.3 is 6.18 Å². The Morgan fingerprint density at radius 2 is 1.93 bits per heavy atom. The molecular formula is C31H35F5N2OS. The van der Waals surface area contributed by atoms with E-state index in [0.717, 1.165) is 12.3 Å². The van der Waals surface area contributed by atoms with Gasteiger partial charge in [0.15, 0.2) is 0 Å². The first-order valence-electron chi connectivity index (χ1n) is 13.9. The Kier molecular flexibility index (Phi) is 8.26. The molecular weight excluding hydrogens is 543 g/mol. The first-order chi connectivity index (χ1) is 19.0. The van der Waals surface area contributed by atoms with Gasteiger partial charge in [-0.2, -0.15) is 13.2 Å². The number of aryl methyl sites for hydroxylation is 1. The van der Waals surface area contributed by atoms with Crippen molar-refractivity contribution in [3.05, 3.63) is 76.5 Å². The summed E-state index contributed by atoms with van der Waals surface area (Å²) in [6.45, 7) is 2.24. The monoisotopic (exact) mass is 578 g/mol. The topological polar surface area (TPSA) is 35.5 Å². The number of alkyl halides is 3. The van der Waals surface area contributed by atoms with Crippen LogP contribution in [0.1, 0.15) is 56.6 Å². The Balaban J connectivity index is 1.36. The zero-order valence-corrected chi connectivity index (χ0v) is 23.6. The van der Waals surface area contributed by atoms with Crippen molar-refractivity contribution in [2.75, 3.05) is 23.7 Å². The van der Waals surface area contributed by atoms with Crippen LogP contribution in [-0.4, -0.2) is 30.1 Å². The van der Waals surface area contributed by atoms with Crippen LogP contribution in [-0.2, 0) is 12.6 Å². The predicted molar refractivity (Wildman–Crippen MR) is 151 cm³/mol. The number of hydrogen-bond acceptors (Lipinski definition) is 4. The molecule has 3 nitrogen and oxygen atoms in total. The summed E-state index contributed by atoms with van der Waals surface area (Å²) in [6, 6.07) is 5.81. The van der Waals surface area contributed by atoms with Gasteiger partial charge in [-0.25, -0.2) is 8.78 Å². The molecule has 1 aliphatic heterocycles. The van der Waals surface area contributed by atoms with E-state index < -0.39 is 29.0 Å². The number of nitrogens with zero attached hydrogens (tertiary/aromatic N) is 1. The highest BCUT2D eigenvalue weighted by molar-refractivity contribution is 8.00. The van der Waals surface area contributed by atoms with E-state index in [1.54, 1.807) is 13.0 Å². The quantitative estimate of drug-likeness (QED) is 0.198. The summed E-state index contributed by atoms with van der Waals surface area (Å²) in [7, 11) is 1.88. The van der Waals surface area contributed by atoms with Crippen molar-refractivity contribution in [3.63, 3.8) is 0 Å². The molecule has 40 heavy (non-hydrogen) atoms. The van der Waals surface area contributed by atoms with Crippen LogP contribution in [0.2, 0.25) is 0 Å². The number of anilines is 1. The Bertz CT molecular complexity index is 1320. The number of nitrogens with one attached hydrogen (secondary N) is 1. The van der Waals surface area contributed by atoms with Gasteiger partial charge in [0.25, 0.3) is 0 Å². The maximum absolute atomic E-state index is 15.4. The maximum atomic E-state index is 15.4. The molecule has 0 bridgehead atoms. The van der Waals surface area contributed by atoms with Crippen LogP contribution in [0.3, 0.4) is 0 Å². The molecule has 2 aliphatic carbocycles. The fraction of sp³-hybridized carbons (Fsp3) is 0.484. The second-order valence-electron chi connectivity index (χ2n) is 11.4. The third kappa shape index (κ3) is 6.35. The van der Waals surface area contributed by atoms with Gasteiger partial charge < -0.3 is 14.7 Å². The van der Waals surface area contributed by atoms with E-state index in [-0.39, 0.29) is 23.1 Å². The third-order valence-electron chi connectivity index (χ3n) is 8.28. The average molecular weight is 579 g/mol. The molecule has 3 aliphatic rings. The molecule has 2 aromatic rings. The highest BCUT2D eigenvalue weighted by Crippen LogP contribution is 2.57. The van der Waals surface area contributed by atoms with Crippen molar-refractivity contribution < 1.29 is 27.1 Å². The molecule has 3 atom stereocenters. The van der Waals surface area contributed by atoms with Gasteiger partial charge in [-0.05, 0) is 134 Å². The summed E-state index contributed by atoms with van der Waals surface area (Å²) < 4.78 is 73.9. The zero-order chi connectivity index (χ0) is 28.7. The number of aliphatic hydroxyl groups is 1. The molecule has 2 aromatic carbocycles. The molecule has 0 amide bonds. The summed E-state index contributed by atoms with van der Waals surface area (Å²) in [5, 5.41) is 13.4. The van der Waals surface area contributed by atoms with Crippen LogP contribution < -0.4 is 9.62 Å². The SMILES string of the molecule is CN/C=C1\C(=C/CCCc2cc(-c3ccc(N4CCC(C)(O)CCS4)cc3F)c(C(F)(F)F)cc2F)C[C@H]2C[C@@H]12. The second kappa shape index (κ2) is 11.4. The summed E-state index contributed by atoms with van der Waals surface area (Å²) in [5.41, 5.74) is 0.739. The number of halogens is 5. The smallest absolute Gasteiger partial charge is 0.394 e. The van der Waals surface area contributed by atoms with E-state index in [9.17, 15) is 22.7 Å². The maximum Gasteiger partial charge on any atom is 0.417 e. The molecule has 1 unspecified atom stereocenters. The van der Waals surface area contributed by atoms with Gasteiger partial charge in [0, 0.05) is 30.6 Å². The average Bonchev–Trinajstić information content (AvgIpc) is 3.61. The lowest BCUT2D eigenvalue weighted by Gasteiger charge is -2.23. The molecule has 5 rings (SSSR count). The number of allylic oxidation sites excluding steroid dienone is 3. The molecule has 0 spiro atoms. The van der Waals surface area contributed by atoms with Gasteiger partial charge in [-0.3, -0.25) is 0 Å². The molecule has 2 N–H and O–H groups in total. The molecule has 2 saturated carbocycles. The molecule has 9 heteroatoms.